The molecule has 0 saturated heterocycles. The predicted molar refractivity (Wildman–Crippen MR) is 75.7 cm³/mol. The Labute approximate surface area is 110 Å². The fourth-order valence-corrected chi connectivity index (χ4v) is 2.67. The van der Waals surface area contributed by atoms with Gasteiger partial charge in [0.15, 0.2) is 0 Å². The molecule has 0 saturated carbocycles. The van der Waals surface area contributed by atoms with Crippen LogP contribution in [0.1, 0.15) is 51.3 Å². The molecule has 0 amide bonds. The summed E-state index contributed by atoms with van der Waals surface area (Å²) in [4.78, 5) is 0. The number of hydrogen-bond donors (Lipinski definition) is 2. The molecule has 1 aromatic rings. The van der Waals surface area contributed by atoms with E-state index in [0.29, 0.717) is 12.1 Å². The van der Waals surface area contributed by atoms with E-state index in [9.17, 15) is 0 Å². The lowest BCUT2D eigenvalue weighted by Gasteiger charge is -2.26. The van der Waals surface area contributed by atoms with Crippen LogP contribution in [-0.4, -0.2) is 22.3 Å². The highest BCUT2D eigenvalue weighted by molar-refractivity contribution is 5.21. The van der Waals surface area contributed by atoms with Gasteiger partial charge < -0.3 is 5.32 Å². The fourth-order valence-electron chi connectivity index (χ4n) is 2.67. The van der Waals surface area contributed by atoms with E-state index < -0.39 is 0 Å². The van der Waals surface area contributed by atoms with Crippen molar-refractivity contribution < 1.29 is 0 Å². The van der Waals surface area contributed by atoms with E-state index in [4.69, 9.17) is 0 Å². The summed E-state index contributed by atoms with van der Waals surface area (Å²) in [6.07, 6.45) is 10.2. The Morgan fingerprint density at radius 2 is 2.44 bits per heavy atom. The molecular formula is C15H25N3. The van der Waals surface area contributed by atoms with E-state index in [1.54, 1.807) is 0 Å². The van der Waals surface area contributed by atoms with Crippen LogP contribution in [0.25, 0.3) is 0 Å². The maximum absolute atomic E-state index is 4.13. The second-order valence-electron chi connectivity index (χ2n) is 5.74. The second kappa shape index (κ2) is 6.19. The van der Waals surface area contributed by atoms with E-state index in [1.807, 2.05) is 6.20 Å². The minimum Gasteiger partial charge on any atom is -0.311 e. The van der Waals surface area contributed by atoms with E-state index in [-0.39, 0.29) is 0 Å². The van der Waals surface area contributed by atoms with Crippen LogP contribution in [0.5, 0.6) is 0 Å². The zero-order chi connectivity index (χ0) is 13.0. The van der Waals surface area contributed by atoms with Crippen LogP contribution < -0.4 is 5.32 Å². The number of aromatic amines is 1. The van der Waals surface area contributed by atoms with Gasteiger partial charge in [0.05, 0.1) is 6.20 Å². The number of nitrogens with zero attached hydrogens (tertiary/aromatic N) is 1. The normalized spacial score (nSPS) is 20.3. The molecule has 1 aliphatic carbocycles. The summed E-state index contributed by atoms with van der Waals surface area (Å²) in [6.45, 7) is 6.63. The van der Waals surface area contributed by atoms with Gasteiger partial charge in [-0.25, -0.2) is 0 Å². The molecular weight excluding hydrogens is 222 g/mol. The van der Waals surface area contributed by atoms with Crippen LogP contribution in [0.15, 0.2) is 17.8 Å². The zero-order valence-corrected chi connectivity index (χ0v) is 11.8. The Morgan fingerprint density at radius 3 is 3.22 bits per heavy atom. The van der Waals surface area contributed by atoms with E-state index in [1.165, 1.54) is 36.1 Å². The molecule has 0 spiro atoms. The highest BCUT2D eigenvalue weighted by Gasteiger charge is 2.20. The van der Waals surface area contributed by atoms with Crippen molar-refractivity contribution in [2.75, 3.05) is 0 Å². The molecule has 3 heteroatoms. The number of rotatable bonds is 5. The molecule has 0 radical (unpaired) electrons. The van der Waals surface area contributed by atoms with E-state index in [2.05, 4.69) is 42.4 Å². The molecule has 0 aromatic carbocycles. The minimum absolute atomic E-state index is 0.596. The Kier molecular flexibility index (Phi) is 4.59. The standard InChI is InChI=1S/C15H25N3/c1-11(2)5-4-6-12(3)17-14-7-8-15-13(9-14)10-16-18-15/h5,10,12,14,17H,4,6-9H2,1-3H3,(H,16,18)/t12-,14-/m0/s1. The number of aryl methyl sites for hydroxylation is 1. The van der Waals surface area contributed by atoms with Gasteiger partial charge >= 0.3 is 0 Å². The lowest BCUT2D eigenvalue weighted by molar-refractivity contribution is 0.394. The number of nitrogens with one attached hydrogen (secondary N) is 2. The monoisotopic (exact) mass is 247 g/mol. The second-order valence-corrected chi connectivity index (χ2v) is 5.74. The van der Waals surface area contributed by atoms with Crippen molar-refractivity contribution in [3.05, 3.63) is 29.1 Å². The summed E-state index contributed by atoms with van der Waals surface area (Å²) in [5.74, 6) is 0. The molecule has 0 fully saturated rings. The van der Waals surface area contributed by atoms with Crippen LogP contribution in [0.3, 0.4) is 0 Å². The van der Waals surface area contributed by atoms with Gasteiger partial charge in [0.1, 0.15) is 0 Å². The summed E-state index contributed by atoms with van der Waals surface area (Å²) in [6, 6.07) is 1.22. The first-order valence-corrected chi connectivity index (χ1v) is 7.05. The van der Waals surface area contributed by atoms with Gasteiger partial charge in [-0.15, -0.1) is 0 Å². The molecule has 3 nitrogen and oxygen atoms in total. The fraction of sp³-hybridized carbons (Fsp3) is 0.667. The third-order valence-corrected chi connectivity index (χ3v) is 3.69. The Bertz CT molecular complexity index is 402. The Hall–Kier alpha value is -1.09. The molecule has 1 aromatic heterocycles. The molecule has 2 rings (SSSR count). The van der Waals surface area contributed by atoms with Crippen molar-refractivity contribution >= 4 is 0 Å². The van der Waals surface area contributed by atoms with E-state index in [0.717, 1.165) is 12.8 Å². The van der Waals surface area contributed by atoms with Crippen LogP contribution in [0, 0.1) is 0 Å². The van der Waals surface area contributed by atoms with Crippen LogP contribution >= 0.6 is 0 Å². The van der Waals surface area contributed by atoms with Crippen LogP contribution in [-0.2, 0) is 12.8 Å². The average Bonchev–Trinajstić information content (AvgIpc) is 2.75. The summed E-state index contributed by atoms with van der Waals surface area (Å²) in [5.41, 5.74) is 4.16. The quantitative estimate of drug-likeness (QED) is 0.785. The number of hydrogen-bond acceptors (Lipinski definition) is 2. The average molecular weight is 247 g/mol. The predicted octanol–water partition coefficient (Wildman–Crippen LogP) is 2.99. The van der Waals surface area contributed by atoms with Gasteiger partial charge in [-0.05, 0) is 58.4 Å². The maximum Gasteiger partial charge on any atom is 0.0522 e. The smallest absolute Gasteiger partial charge is 0.0522 e. The lowest BCUT2D eigenvalue weighted by Crippen LogP contribution is -2.40. The molecule has 2 atom stereocenters. The molecule has 0 unspecified atom stereocenters. The zero-order valence-electron chi connectivity index (χ0n) is 11.8. The highest BCUT2D eigenvalue weighted by atomic mass is 15.1. The topological polar surface area (TPSA) is 40.7 Å². The van der Waals surface area contributed by atoms with Crippen molar-refractivity contribution in [1.82, 2.24) is 15.5 Å². The van der Waals surface area contributed by atoms with Crippen molar-refractivity contribution in [3.63, 3.8) is 0 Å². The van der Waals surface area contributed by atoms with Crippen molar-refractivity contribution in [3.8, 4) is 0 Å². The van der Waals surface area contributed by atoms with E-state index >= 15 is 0 Å². The largest absolute Gasteiger partial charge is 0.311 e. The Balaban J connectivity index is 1.76. The third-order valence-electron chi connectivity index (χ3n) is 3.69. The number of fused-ring (bicyclic) bond motifs is 1. The van der Waals surface area contributed by atoms with Crippen LogP contribution in [0.4, 0.5) is 0 Å². The molecule has 100 valence electrons. The summed E-state index contributed by atoms with van der Waals surface area (Å²) in [5, 5.41) is 11.0. The van der Waals surface area contributed by atoms with Gasteiger partial charge in [0, 0.05) is 17.8 Å². The third kappa shape index (κ3) is 3.70. The maximum atomic E-state index is 4.13. The van der Waals surface area contributed by atoms with Gasteiger partial charge in [-0.1, -0.05) is 11.6 Å². The molecule has 2 N–H and O–H groups in total. The first-order valence-electron chi connectivity index (χ1n) is 7.05. The molecule has 18 heavy (non-hydrogen) atoms. The van der Waals surface area contributed by atoms with Crippen LogP contribution in [0.2, 0.25) is 0 Å². The Morgan fingerprint density at radius 1 is 1.61 bits per heavy atom. The molecule has 0 bridgehead atoms. The highest BCUT2D eigenvalue weighted by Crippen LogP contribution is 2.19. The number of aromatic nitrogens is 2. The number of allylic oxidation sites excluding steroid dienone is 2. The van der Waals surface area contributed by atoms with Crippen molar-refractivity contribution in [2.24, 2.45) is 0 Å². The number of H-pyrrole nitrogens is 1. The lowest BCUT2D eigenvalue weighted by atomic mass is 9.93. The van der Waals surface area contributed by atoms with Crippen molar-refractivity contribution in [2.45, 2.75) is 65.0 Å². The summed E-state index contributed by atoms with van der Waals surface area (Å²) < 4.78 is 0. The van der Waals surface area contributed by atoms with Crippen molar-refractivity contribution in [1.29, 1.82) is 0 Å². The van der Waals surface area contributed by atoms with Gasteiger partial charge in [-0.2, -0.15) is 5.10 Å². The minimum atomic E-state index is 0.596. The SMILES string of the molecule is CC(C)=CCC[C@H](C)N[C@H]1CCc2[nH]ncc2C1. The first-order chi connectivity index (χ1) is 8.65. The molecule has 1 aliphatic rings. The molecule has 0 aliphatic heterocycles. The summed E-state index contributed by atoms with van der Waals surface area (Å²) in [7, 11) is 0. The molecule has 1 heterocycles. The van der Waals surface area contributed by atoms with Gasteiger partial charge in [0.25, 0.3) is 0 Å². The summed E-state index contributed by atoms with van der Waals surface area (Å²) >= 11 is 0. The first kappa shape index (κ1) is 13.3. The van der Waals surface area contributed by atoms with Gasteiger partial charge in [0.2, 0.25) is 0 Å². The van der Waals surface area contributed by atoms with Gasteiger partial charge in [-0.3, -0.25) is 5.10 Å².